The van der Waals surface area contributed by atoms with Crippen molar-refractivity contribution in [3.8, 4) is 0 Å². The number of hydrogen-bond donors (Lipinski definition) is 1. The third-order valence-corrected chi connectivity index (χ3v) is 1.06. The van der Waals surface area contributed by atoms with Crippen LogP contribution in [-0.2, 0) is 14.3 Å². The number of carbonyl (C=O) groups excluding carboxylic acids is 2. The summed E-state index contributed by atoms with van der Waals surface area (Å²) >= 11 is 0. The first kappa shape index (κ1) is 17.4. The van der Waals surface area contributed by atoms with E-state index in [4.69, 9.17) is 5.73 Å². The van der Waals surface area contributed by atoms with Crippen LogP contribution in [0.3, 0.4) is 0 Å². The highest BCUT2D eigenvalue weighted by Crippen LogP contribution is 1.91. The van der Waals surface area contributed by atoms with Crippen LogP contribution < -0.4 is 5.73 Å². The molecule has 74 valence electrons. The molecule has 0 bridgehead atoms. The maximum atomic E-state index is 10.5. The predicted octanol–water partition coefficient (Wildman–Crippen LogP) is -0.936. The number of ketones is 1. The molecule has 0 saturated carbocycles. The van der Waals surface area contributed by atoms with Crippen molar-refractivity contribution in [1.29, 1.82) is 0 Å². The average molecular weight is 200 g/mol. The van der Waals surface area contributed by atoms with Gasteiger partial charge in [-0.25, -0.2) is 0 Å². The fraction of sp³-hybridized carbons (Fsp3) is 0.667. The summed E-state index contributed by atoms with van der Waals surface area (Å²) in [5.41, 5.74) is 5.00. The van der Waals surface area contributed by atoms with Crippen LogP contribution in [-0.4, -0.2) is 30.9 Å². The van der Waals surface area contributed by atoms with E-state index in [9.17, 15) is 9.59 Å². The second-order valence-corrected chi connectivity index (χ2v) is 1.82. The van der Waals surface area contributed by atoms with E-state index in [2.05, 4.69) is 4.74 Å². The van der Waals surface area contributed by atoms with Crippen LogP contribution >= 0.6 is 12.4 Å². The topological polar surface area (TPSA) is 101 Å². The summed E-state index contributed by atoms with van der Waals surface area (Å²) in [5.74, 6) is -0.493. The summed E-state index contributed by atoms with van der Waals surface area (Å²) in [4.78, 5) is 20.9. The molecular formula is C6H14ClNO4. The van der Waals surface area contributed by atoms with E-state index < -0.39 is 0 Å². The highest BCUT2D eigenvalue weighted by Gasteiger charge is 2.03. The Morgan fingerprint density at radius 2 is 1.83 bits per heavy atom. The van der Waals surface area contributed by atoms with Crippen molar-refractivity contribution in [2.75, 3.05) is 13.7 Å². The van der Waals surface area contributed by atoms with E-state index in [1.54, 1.807) is 0 Å². The summed E-state index contributed by atoms with van der Waals surface area (Å²) in [5, 5.41) is 0. The predicted molar refractivity (Wildman–Crippen MR) is 46.2 cm³/mol. The lowest BCUT2D eigenvalue weighted by Crippen LogP contribution is -2.14. The summed E-state index contributed by atoms with van der Waals surface area (Å²) in [6.45, 7) is -0.00298. The average Bonchev–Trinajstić information content (AvgIpc) is 1.99. The molecule has 6 heteroatoms. The molecule has 0 heterocycles. The number of Topliss-reactive ketones (excluding diaryl/α,β-unsaturated/α-hetero) is 1. The molecule has 0 spiro atoms. The van der Waals surface area contributed by atoms with Gasteiger partial charge in [0.2, 0.25) is 0 Å². The van der Waals surface area contributed by atoms with Crippen LogP contribution in [0.25, 0.3) is 0 Å². The first-order valence-electron chi connectivity index (χ1n) is 2.99. The van der Waals surface area contributed by atoms with Crippen LogP contribution in [0.1, 0.15) is 12.8 Å². The Balaban J connectivity index is -0.000000405. The molecule has 0 aromatic carbocycles. The van der Waals surface area contributed by atoms with E-state index in [0.29, 0.717) is 0 Å². The van der Waals surface area contributed by atoms with Gasteiger partial charge in [0.05, 0.1) is 20.1 Å². The van der Waals surface area contributed by atoms with Crippen molar-refractivity contribution in [3.05, 3.63) is 0 Å². The Morgan fingerprint density at radius 3 is 2.17 bits per heavy atom. The fourth-order valence-electron chi connectivity index (χ4n) is 0.446. The normalized spacial score (nSPS) is 7.50. The van der Waals surface area contributed by atoms with Gasteiger partial charge in [0.1, 0.15) is 5.78 Å². The lowest BCUT2D eigenvalue weighted by atomic mass is 10.2. The molecule has 4 N–H and O–H groups in total. The van der Waals surface area contributed by atoms with Crippen molar-refractivity contribution in [2.45, 2.75) is 12.8 Å². The zero-order chi connectivity index (χ0) is 7.98. The largest absolute Gasteiger partial charge is 0.469 e. The molecule has 0 unspecified atom stereocenters. The van der Waals surface area contributed by atoms with Crippen LogP contribution in [0.15, 0.2) is 0 Å². The van der Waals surface area contributed by atoms with Crippen LogP contribution in [0, 0.1) is 0 Å². The smallest absolute Gasteiger partial charge is 0.305 e. The molecule has 0 rings (SSSR count). The molecule has 0 aliphatic heterocycles. The minimum absolute atomic E-state index is 0. The van der Waals surface area contributed by atoms with E-state index >= 15 is 0 Å². The lowest BCUT2D eigenvalue weighted by Gasteiger charge is -1.95. The van der Waals surface area contributed by atoms with Crippen molar-refractivity contribution in [1.82, 2.24) is 0 Å². The highest BCUT2D eigenvalue weighted by molar-refractivity contribution is 5.85. The standard InChI is InChI=1S/C6H11NO3.ClH.H2O/c1-10-6(9)3-2-5(8)4-7;;/h2-4,7H2,1H3;1H;1H2. The first-order chi connectivity index (χ1) is 4.70. The Bertz CT molecular complexity index is 124. The van der Waals surface area contributed by atoms with Gasteiger partial charge in [-0.2, -0.15) is 0 Å². The van der Waals surface area contributed by atoms with Crippen molar-refractivity contribution in [2.24, 2.45) is 5.73 Å². The first-order valence-corrected chi connectivity index (χ1v) is 2.99. The van der Waals surface area contributed by atoms with Crippen LogP contribution in [0.5, 0.6) is 0 Å². The summed E-state index contributed by atoms with van der Waals surface area (Å²) in [6.07, 6.45) is 0.315. The number of ether oxygens (including phenoxy) is 1. The Labute approximate surface area is 77.0 Å². The number of halogens is 1. The van der Waals surface area contributed by atoms with E-state index in [1.807, 2.05) is 0 Å². The Morgan fingerprint density at radius 1 is 1.33 bits per heavy atom. The van der Waals surface area contributed by atoms with Crippen molar-refractivity contribution in [3.63, 3.8) is 0 Å². The minimum Gasteiger partial charge on any atom is -0.469 e. The van der Waals surface area contributed by atoms with Gasteiger partial charge in [-0.1, -0.05) is 0 Å². The fourth-order valence-corrected chi connectivity index (χ4v) is 0.446. The monoisotopic (exact) mass is 199 g/mol. The molecule has 0 atom stereocenters. The summed E-state index contributed by atoms with van der Waals surface area (Å²) < 4.78 is 4.31. The number of methoxy groups -OCH3 is 1. The van der Waals surface area contributed by atoms with Crippen molar-refractivity contribution < 1.29 is 19.8 Å². The maximum absolute atomic E-state index is 10.5. The number of carbonyl (C=O) groups is 2. The summed E-state index contributed by atoms with van der Waals surface area (Å²) in [6, 6.07) is 0. The summed E-state index contributed by atoms with van der Waals surface area (Å²) in [7, 11) is 1.29. The molecular weight excluding hydrogens is 186 g/mol. The number of rotatable bonds is 4. The number of hydrogen-bond acceptors (Lipinski definition) is 4. The molecule has 0 aliphatic rings. The van der Waals surface area contributed by atoms with Gasteiger partial charge < -0.3 is 15.9 Å². The number of esters is 1. The Kier molecular flexibility index (Phi) is 15.0. The van der Waals surface area contributed by atoms with E-state index in [1.165, 1.54) is 7.11 Å². The van der Waals surface area contributed by atoms with Gasteiger partial charge in [0.25, 0.3) is 0 Å². The van der Waals surface area contributed by atoms with Gasteiger partial charge in [0.15, 0.2) is 0 Å². The molecule has 5 nitrogen and oxygen atoms in total. The van der Waals surface area contributed by atoms with Gasteiger partial charge in [-0.3, -0.25) is 9.59 Å². The molecule has 0 aliphatic carbocycles. The molecule has 12 heavy (non-hydrogen) atoms. The van der Waals surface area contributed by atoms with Crippen molar-refractivity contribution >= 4 is 24.2 Å². The Hall–Kier alpha value is -0.650. The zero-order valence-corrected chi connectivity index (χ0v) is 7.65. The molecule has 0 saturated heterocycles. The van der Waals surface area contributed by atoms with Gasteiger partial charge >= 0.3 is 5.97 Å². The minimum atomic E-state index is -0.373. The van der Waals surface area contributed by atoms with E-state index in [0.717, 1.165) is 0 Å². The van der Waals surface area contributed by atoms with Crippen LogP contribution in [0.4, 0.5) is 0 Å². The van der Waals surface area contributed by atoms with Gasteiger partial charge in [-0.05, 0) is 0 Å². The third-order valence-electron chi connectivity index (χ3n) is 1.06. The van der Waals surface area contributed by atoms with E-state index in [-0.39, 0.29) is 49.0 Å². The highest BCUT2D eigenvalue weighted by atomic mass is 35.5. The molecule has 0 radical (unpaired) electrons. The number of nitrogens with two attached hydrogens (primary N) is 1. The van der Waals surface area contributed by atoms with Gasteiger partial charge in [-0.15, -0.1) is 12.4 Å². The molecule has 0 aromatic rings. The third kappa shape index (κ3) is 9.35. The van der Waals surface area contributed by atoms with Crippen LogP contribution in [0.2, 0.25) is 0 Å². The second-order valence-electron chi connectivity index (χ2n) is 1.82. The SMILES string of the molecule is COC(=O)CCC(=O)CN.Cl.O. The zero-order valence-electron chi connectivity index (χ0n) is 6.83. The molecule has 0 fully saturated rings. The maximum Gasteiger partial charge on any atom is 0.305 e. The quantitative estimate of drug-likeness (QED) is 0.591. The van der Waals surface area contributed by atoms with Gasteiger partial charge in [0, 0.05) is 6.42 Å². The second kappa shape index (κ2) is 10.3. The lowest BCUT2D eigenvalue weighted by molar-refractivity contribution is -0.141. The molecule has 0 aromatic heterocycles. The molecule has 0 amide bonds.